The fourth-order valence-corrected chi connectivity index (χ4v) is 2.62. The number of thiophene rings is 1. The van der Waals surface area contributed by atoms with E-state index in [-0.39, 0.29) is 0 Å². The van der Waals surface area contributed by atoms with E-state index in [1.165, 1.54) is 11.3 Å². The Morgan fingerprint density at radius 1 is 1.60 bits per heavy atom. The van der Waals surface area contributed by atoms with Crippen LogP contribution in [0.4, 0.5) is 0 Å². The Kier molecular flexibility index (Phi) is 4.27. The number of hydrogen-bond donors (Lipinski definition) is 2. The van der Waals surface area contributed by atoms with E-state index < -0.39 is 18.2 Å². The van der Waals surface area contributed by atoms with E-state index >= 15 is 0 Å². The molecule has 84 valence electrons. The van der Waals surface area contributed by atoms with Gasteiger partial charge in [-0.15, -0.1) is 11.3 Å². The highest BCUT2D eigenvalue weighted by Gasteiger charge is 2.27. The second kappa shape index (κ2) is 5.07. The van der Waals surface area contributed by atoms with Crippen molar-refractivity contribution in [2.75, 3.05) is 7.11 Å². The lowest BCUT2D eigenvalue weighted by Crippen LogP contribution is -2.28. The molecule has 2 atom stereocenters. The van der Waals surface area contributed by atoms with Crippen LogP contribution in [0.5, 0.6) is 0 Å². The van der Waals surface area contributed by atoms with E-state index in [1.54, 1.807) is 6.07 Å². The number of halogens is 1. The Bertz CT molecular complexity index is 343. The number of aliphatic hydroxyl groups is 2. The second-order valence-electron chi connectivity index (χ2n) is 3.02. The average Bonchev–Trinajstić information content (AvgIpc) is 2.56. The van der Waals surface area contributed by atoms with Gasteiger partial charge in [0, 0.05) is 4.88 Å². The molecule has 0 aliphatic carbocycles. The summed E-state index contributed by atoms with van der Waals surface area (Å²) in [7, 11) is 1.16. The van der Waals surface area contributed by atoms with Crippen molar-refractivity contribution in [3.63, 3.8) is 0 Å². The van der Waals surface area contributed by atoms with Crippen molar-refractivity contribution in [3.05, 3.63) is 20.3 Å². The molecule has 0 saturated carbocycles. The average molecular weight is 295 g/mol. The standard InChI is InChI=1S/C9H11BrO4S/c1-4-3-5(15-8(4)10)6(11)7(12)9(13)14-2/h3,6-7,11-12H,1-2H3. The molecule has 15 heavy (non-hydrogen) atoms. The largest absolute Gasteiger partial charge is 0.467 e. The zero-order valence-corrected chi connectivity index (χ0v) is 10.6. The molecule has 1 rings (SSSR count). The molecule has 1 aromatic heterocycles. The van der Waals surface area contributed by atoms with Crippen LogP contribution >= 0.6 is 27.3 Å². The highest BCUT2D eigenvalue weighted by atomic mass is 79.9. The van der Waals surface area contributed by atoms with E-state index in [9.17, 15) is 15.0 Å². The van der Waals surface area contributed by atoms with Gasteiger partial charge in [-0.1, -0.05) is 0 Å². The van der Waals surface area contributed by atoms with Crippen LogP contribution < -0.4 is 0 Å². The number of carbonyl (C=O) groups excluding carboxylic acids is 1. The van der Waals surface area contributed by atoms with Gasteiger partial charge in [0.2, 0.25) is 0 Å². The number of rotatable bonds is 3. The summed E-state index contributed by atoms with van der Waals surface area (Å²) in [6.07, 6.45) is -2.78. The first-order valence-electron chi connectivity index (χ1n) is 4.17. The lowest BCUT2D eigenvalue weighted by atomic mass is 10.1. The number of esters is 1. The van der Waals surface area contributed by atoms with Crippen LogP contribution in [-0.2, 0) is 9.53 Å². The zero-order valence-electron chi connectivity index (χ0n) is 8.23. The SMILES string of the molecule is COC(=O)C(O)C(O)c1cc(C)c(Br)s1. The molecule has 0 spiro atoms. The van der Waals surface area contributed by atoms with Gasteiger partial charge in [-0.3, -0.25) is 0 Å². The van der Waals surface area contributed by atoms with E-state index in [2.05, 4.69) is 20.7 Å². The van der Waals surface area contributed by atoms with Gasteiger partial charge < -0.3 is 14.9 Å². The van der Waals surface area contributed by atoms with Gasteiger partial charge in [0.25, 0.3) is 0 Å². The summed E-state index contributed by atoms with van der Waals surface area (Å²) in [4.78, 5) is 11.5. The fourth-order valence-electron chi connectivity index (χ4n) is 1.03. The van der Waals surface area contributed by atoms with Gasteiger partial charge in [0.1, 0.15) is 6.10 Å². The molecule has 0 amide bonds. The maximum absolute atomic E-state index is 11.0. The minimum Gasteiger partial charge on any atom is -0.467 e. The topological polar surface area (TPSA) is 66.8 Å². The molecule has 0 radical (unpaired) electrons. The van der Waals surface area contributed by atoms with Crippen molar-refractivity contribution in [2.45, 2.75) is 19.1 Å². The maximum Gasteiger partial charge on any atom is 0.337 e. The van der Waals surface area contributed by atoms with Crippen molar-refractivity contribution in [1.82, 2.24) is 0 Å². The number of aliphatic hydroxyl groups excluding tert-OH is 2. The monoisotopic (exact) mass is 294 g/mol. The molecule has 0 bridgehead atoms. The van der Waals surface area contributed by atoms with Gasteiger partial charge in [-0.2, -0.15) is 0 Å². The highest BCUT2D eigenvalue weighted by Crippen LogP contribution is 2.32. The summed E-state index contributed by atoms with van der Waals surface area (Å²) >= 11 is 4.57. The Morgan fingerprint density at radius 2 is 2.20 bits per heavy atom. The van der Waals surface area contributed by atoms with Crippen molar-refractivity contribution >= 4 is 33.2 Å². The normalized spacial score (nSPS) is 14.7. The minimum atomic E-state index is -1.54. The molecule has 4 nitrogen and oxygen atoms in total. The molecule has 0 aliphatic heterocycles. The van der Waals surface area contributed by atoms with Gasteiger partial charge >= 0.3 is 5.97 Å². The van der Waals surface area contributed by atoms with E-state index in [1.807, 2.05) is 6.92 Å². The number of methoxy groups -OCH3 is 1. The summed E-state index contributed by atoms with van der Waals surface area (Å²) in [5.74, 6) is -0.843. The number of hydrogen-bond acceptors (Lipinski definition) is 5. The molecule has 0 aliphatic rings. The molecule has 0 fully saturated rings. The van der Waals surface area contributed by atoms with Crippen molar-refractivity contribution < 1.29 is 19.7 Å². The molecule has 0 aromatic carbocycles. The summed E-state index contributed by atoms with van der Waals surface area (Å²) in [5, 5.41) is 19.1. The summed E-state index contributed by atoms with van der Waals surface area (Å²) in [6, 6.07) is 1.71. The number of ether oxygens (including phenoxy) is 1. The van der Waals surface area contributed by atoms with Gasteiger partial charge in [0.05, 0.1) is 10.9 Å². The molecule has 6 heteroatoms. The lowest BCUT2D eigenvalue weighted by Gasteiger charge is -2.13. The quantitative estimate of drug-likeness (QED) is 0.827. The van der Waals surface area contributed by atoms with Crippen molar-refractivity contribution in [3.8, 4) is 0 Å². The van der Waals surface area contributed by atoms with Crippen molar-refractivity contribution in [2.24, 2.45) is 0 Å². The first-order chi connectivity index (χ1) is 6.97. The van der Waals surface area contributed by atoms with Crippen molar-refractivity contribution in [1.29, 1.82) is 0 Å². The Morgan fingerprint density at radius 3 is 2.60 bits per heavy atom. The summed E-state index contributed by atoms with van der Waals surface area (Å²) in [5.41, 5.74) is 0.950. The maximum atomic E-state index is 11.0. The molecule has 0 saturated heterocycles. The van der Waals surface area contributed by atoms with E-state index in [0.29, 0.717) is 4.88 Å². The minimum absolute atomic E-state index is 0.525. The Balaban J connectivity index is 2.84. The number of aryl methyl sites for hydroxylation is 1. The van der Waals surface area contributed by atoms with Gasteiger partial charge in [-0.05, 0) is 34.5 Å². The first kappa shape index (κ1) is 12.6. The highest BCUT2D eigenvalue weighted by molar-refractivity contribution is 9.11. The summed E-state index contributed by atoms with van der Waals surface area (Å²) in [6.45, 7) is 1.86. The number of carbonyl (C=O) groups is 1. The second-order valence-corrected chi connectivity index (χ2v) is 5.42. The third kappa shape index (κ3) is 2.78. The molecule has 1 aromatic rings. The van der Waals surface area contributed by atoms with Gasteiger partial charge in [0.15, 0.2) is 6.10 Å². The van der Waals surface area contributed by atoms with Crippen LogP contribution in [0.15, 0.2) is 9.85 Å². The third-order valence-electron chi connectivity index (χ3n) is 1.91. The third-order valence-corrected chi connectivity index (χ3v) is 4.12. The molecule has 1 heterocycles. The van der Waals surface area contributed by atoms with E-state index in [0.717, 1.165) is 16.5 Å². The molecule has 2 N–H and O–H groups in total. The molecular formula is C9H11BrO4S. The predicted molar refractivity (Wildman–Crippen MR) is 59.7 cm³/mol. The predicted octanol–water partition coefficient (Wildman–Crippen LogP) is 1.39. The van der Waals surface area contributed by atoms with Gasteiger partial charge in [-0.25, -0.2) is 4.79 Å². The fraction of sp³-hybridized carbons (Fsp3) is 0.444. The summed E-state index contributed by atoms with van der Waals surface area (Å²) < 4.78 is 5.20. The Labute approximate surface area is 99.6 Å². The van der Waals surface area contributed by atoms with E-state index in [4.69, 9.17) is 0 Å². The smallest absolute Gasteiger partial charge is 0.337 e. The zero-order chi connectivity index (χ0) is 11.6. The van der Waals surface area contributed by atoms with Crippen LogP contribution in [0, 0.1) is 6.92 Å². The van der Waals surface area contributed by atoms with Crippen LogP contribution in [0.1, 0.15) is 16.5 Å². The van der Waals surface area contributed by atoms with Crippen LogP contribution in [0.25, 0.3) is 0 Å². The van der Waals surface area contributed by atoms with Crippen LogP contribution in [0.2, 0.25) is 0 Å². The molecular weight excluding hydrogens is 284 g/mol. The van der Waals surface area contributed by atoms with Crippen LogP contribution in [-0.4, -0.2) is 29.4 Å². The Hall–Kier alpha value is -0.430. The lowest BCUT2D eigenvalue weighted by molar-refractivity contribution is -0.156. The first-order valence-corrected chi connectivity index (χ1v) is 5.78. The van der Waals surface area contributed by atoms with Crippen LogP contribution in [0.3, 0.4) is 0 Å². The molecule has 2 unspecified atom stereocenters.